The number of halogens is 1. The number of rotatable bonds is 4. The van der Waals surface area contributed by atoms with E-state index in [0.717, 1.165) is 17.0 Å². The summed E-state index contributed by atoms with van der Waals surface area (Å²) in [5, 5.41) is 7.30. The molecular weight excluding hydrogens is 278 g/mol. The Morgan fingerprint density at radius 1 is 1.45 bits per heavy atom. The van der Waals surface area contributed by atoms with Crippen molar-refractivity contribution in [3.05, 3.63) is 52.4 Å². The van der Waals surface area contributed by atoms with E-state index in [1.165, 1.54) is 4.90 Å². The van der Waals surface area contributed by atoms with Gasteiger partial charge in [-0.2, -0.15) is 0 Å². The van der Waals surface area contributed by atoms with E-state index in [-0.39, 0.29) is 6.03 Å². The third kappa shape index (κ3) is 3.74. The van der Waals surface area contributed by atoms with Crippen molar-refractivity contribution >= 4 is 17.6 Å². The summed E-state index contributed by atoms with van der Waals surface area (Å²) in [7, 11) is 1.70. The van der Waals surface area contributed by atoms with Crippen molar-refractivity contribution in [2.45, 2.75) is 20.0 Å². The molecular formula is C14H16ClN3O2. The lowest BCUT2D eigenvalue weighted by Crippen LogP contribution is -2.36. The van der Waals surface area contributed by atoms with E-state index in [1.807, 2.05) is 25.1 Å². The average molecular weight is 294 g/mol. The molecule has 2 rings (SSSR count). The van der Waals surface area contributed by atoms with Crippen molar-refractivity contribution in [3.63, 3.8) is 0 Å². The number of nitrogens with one attached hydrogen (secondary N) is 1. The number of hydrogen-bond donors (Lipinski definition) is 1. The molecule has 2 aromatic rings. The lowest BCUT2D eigenvalue weighted by molar-refractivity contribution is 0.205. The third-order valence-electron chi connectivity index (χ3n) is 2.81. The molecule has 0 aliphatic heterocycles. The van der Waals surface area contributed by atoms with E-state index in [1.54, 1.807) is 19.2 Å². The predicted molar refractivity (Wildman–Crippen MR) is 76.4 cm³/mol. The van der Waals surface area contributed by atoms with Crippen molar-refractivity contribution in [2.75, 3.05) is 7.05 Å². The van der Waals surface area contributed by atoms with Crippen LogP contribution in [0.25, 0.3) is 0 Å². The maximum Gasteiger partial charge on any atom is 0.317 e. The van der Waals surface area contributed by atoms with Crippen LogP contribution in [0, 0.1) is 6.92 Å². The van der Waals surface area contributed by atoms with E-state index in [4.69, 9.17) is 16.1 Å². The summed E-state index contributed by atoms with van der Waals surface area (Å²) in [6.07, 6.45) is 0. The summed E-state index contributed by atoms with van der Waals surface area (Å²) >= 11 is 6.03. The van der Waals surface area contributed by atoms with E-state index in [2.05, 4.69) is 10.5 Å². The average Bonchev–Trinajstić information content (AvgIpc) is 2.82. The number of nitrogens with zero attached hydrogens (tertiary/aromatic N) is 2. The summed E-state index contributed by atoms with van der Waals surface area (Å²) in [6.45, 7) is 2.60. The van der Waals surface area contributed by atoms with Gasteiger partial charge >= 0.3 is 6.03 Å². The zero-order valence-corrected chi connectivity index (χ0v) is 12.1. The van der Waals surface area contributed by atoms with Crippen molar-refractivity contribution < 1.29 is 9.32 Å². The number of aromatic nitrogens is 1. The van der Waals surface area contributed by atoms with Crippen LogP contribution in [0.3, 0.4) is 0 Å². The van der Waals surface area contributed by atoms with Crippen LogP contribution < -0.4 is 5.32 Å². The van der Waals surface area contributed by atoms with Crippen molar-refractivity contribution in [1.82, 2.24) is 15.4 Å². The minimum atomic E-state index is -0.189. The number of urea groups is 1. The molecule has 0 fully saturated rings. The molecule has 0 saturated heterocycles. The van der Waals surface area contributed by atoms with E-state index >= 15 is 0 Å². The summed E-state index contributed by atoms with van der Waals surface area (Å²) in [6, 6.07) is 9.03. The van der Waals surface area contributed by atoms with Gasteiger partial charge in [0.2, 0.25) is 0 Å². The Labute approximate surface area is 122 Å². The minimum Gasteiger partial charge on any atom is -0.361 e. The molecule has 106 valence electrons. The number of carbonyl (C=O) groups excluding carboxylic acids is 1. The summed E-state index contributed by atoms with van der Waals surface area (Å²) in [5.41, 5.74) is 1.60. The molecule has 20 heavy (non-hydrogen) atoms. The van der Waals surface area contributed by atoms with Gasteiger partial charge in [0.15, 0.2) is 0 Å². The van der Waals surface area contributed by atoms with Gasteiger partial charge in [0.05, 0.1) is 6.54 Å². The van der Waals surface area contributed by atoms with Gasteiger partial charge < -0.3 is 14.7 Å². The Bertz CT molecular complexity index is 598. The molecule has 5 nitrogen and oxygen atoms in total. The number of aryl methyl sites for hydroxylation is 1. The molecule has 1 N–H and O–H groups in total. The largest absolute Gasteiger partial charge is 0.361 e. The lowest BCUT2D eigenvalue weighted by atomic mass is 10.2. The maximum absolute atomic E-state index is 12.0. The number of benzene rings is 1. The number of amides is 2. The molecule has 1 aromatic carbocycles. The first kappa shape index (κ1) is 14.4. The van der Waals surface area contributed by atoms with Gasteiger partial charge in [-0.25, -0.2) is 4.79 Å². The molecule has 6 heteroatoms. The first-order valence-electron chi connectivity index (χ1n) is 6.21. The van der Waals surface area contributed by atoms with Crippen LogP contribution in [-0.4, -0.2) is 23.1 Å². The SMILES string of the molecule is Cc1cc(CN(C)C(=O)NCc2ccccc2Cl)no1. The molecule has 0 aliphatic carbocycles. The number of carbonyl (C=O) groups is 1. The second-order valence-electron chi connectivity index (χ2n) is 4.54. The third-order valence-corrected chi connectivity index (χ3v) is 3.18. The highest BCUT2D eigenvalue weighted by Gasteiger charge is 2.11. The van der Waals surface area contributed by atoms with Gasteiger partial charge in [0, 0.05) is 24.7 Å². The topological polar surface area (TPSA) is 58.4 Å². The molecule has 0 aliphatic rings. The van der Waals surface area contributed by atoms with Gasteiger partial charge in [-0.15, -0.1) is 0 Å². The van der Waals surface area contributed by atoms with Gasteiger partial charge in [0.1, 0.15) is 11.5 Å². The van der Waals surface area contributed by atoms with Gasteiger partial charge in [-0.3, -0.25) is 0 Å². The van der Waals surface area contributed by atoms with Crippen LogP contribution in [0.5, 0.6) is 0 Å². The maximum atomic E-state index is 12.0. The van der Waals surface area contributed by atoms with E-state index < -0.39 is 0 Å². The summed E-state index contributed by atoms with van der Waals surface area (Å²) in [4.78, 5) is 13.5. The fraction of sp³-hybridized carbons (Fsp3) is 0.286. The highest BCUT2D eigenvalue weighted by atomic mass is 35.5. The fourth-order valence-corrected chi connectivity index (χ4v) is 1.96. The van der Waals surface area contributed by atoms with Crippen LogP contribution in [0.2, 0.25) is 5.02 Å². The van der Waals surface area contributed by atoms with Crippen LogP contribution in [0.15, 0.2) is 34.9 Å². The van der Waals surface area contributed by atoms with Gasteiger partial charge in [-0.05, 0) is 18.6 Å². The zero-order valence-electron chi connectivity index (χ0n) is 11.4. The normalized spacial score (nSPS) is 10.3. The Balaban J connectivity index is 1.87. The minimum absolute atomic E-state index is 0.189. The molecule has 0 radical (unpaired) electrons. The Hall–Kier alpha value is -2.01. The Morgan fingerprint density at radius 2 is 2.20 bits per heavy atom. The van der Waals surface area contributed by atoms with E-state index in [9.17, 15) is 4.79 Å². The number of hydrogen-bond acceptors (Lipinski definition) is 3. The van der Waals surface area contributed by atoms with E-state index in [0.29, 0.717) is 18.1 Å². The molecule has 0 spiro atoms. The van der Waals surface area contributed by atoms with Gasteiger partial charge in [-0.1, -0.05) is 35.0 Å². The van der Waals surface area contributed by atoms with Crippen LogP contribution >= 0.6 is 11.6 Å². The smallest absolute Gasteiger partial charge is 0.317 e. The quantitative estimate of drug-likeness (QED) is 0.943. The van der Waals surface area contributed by atoms with Crippen molar-refractivity contribution in [3.8, 4) is 0 Å². The molecule has 0 saturated carbocycles. The molecule has 2 amide bonds. The Morgan fingerprint density at radius 3 is 2.85 bits per heavy atom. The lowest BCUT2D eigenvalue weighted by Gasteiger charge is -2.16. The second-order valence-corrected chi connectivity index (χ2v) is 4.94. The predicted octanol–water partition coefficient (Wildman–Crippen LogP) is 2.98. The van der Waals surface area contributed by atoms with Crippen molar-refractivity contribution in [2.24, 2.45) is 0 Å². The standard InChI is InChI=1S/C14H16ClN3O2/c1-10-7-12(17-20-10)9-18(2)14(19)16-8-11-5-3-4-6-13(11)15/h3-7H,8-9H2,1-2H3,(H,16,19). The monoisotopic (exact) mass is 293 g/mol. The summed E-state index contributed by atoms with van der Waals surface area (Å²) < 4.78 is 4.96. The first-order valence-corrected chi connectivity index (χ1v) is 6.58. The molecule has 1 aromatic heterocycles. The van der Waals surface area contributed by atoms with Gasteiger partial charge in [0.25, 0.3) is 0 Å². The van der Waals surface area contributed by atoms with Crippen LogP contribution in [-0.2, 0) is 13.1 Å². The van der Waals surface area contributed by atoms with Crippen LogP contribution in [0.1, 0.15) is 17.0 Å². The first-order chi connectivity index (χ1) is 9.56. The van der Waals surface area contributed by atoms with Crippen molar-refractivity contribution in [1.29, 1.82) is 0 Å². The molecule has 1 heterocycles. The second kappa shape index (κ2) is 6.43. The zero-order chi connectivity index (χ0) is 14.5. The molecule has 0 unspecified atom stereocenters. The molecule has 0 atom stereocenters. The fourth-order valence-electron chi connectivity index (χ4n) is 1.75. The highest BCUT2D eigenvalue weighted by Crippen LogP contribution is 2.14. The molecule has 0 bridgehead atoms. The van der Waals surface area contributed by atoms with Crippen LogP contribution in [0.4, 0.5) is 4.79 Å². The highest BCUT2D eigenvalue weighted by molar-refractivity contribution is 6.31. The summed E-state index contributed by atoms with van der Waals surface area (Å²) in [5.74, 6) is 0.727. The Kier molecular flexibility index (Phi) is 4.63.